The summed E-state index contributed by atoms with van der Waals surface area (Å²) in [6.45, 7) is 2.52. The quantitative estimate of drug-likeness (QED) is 0.846. The van der Waals surface area contributed by atoms with Gasteiger partial charge in [0.25, 0.3) is 0 Å². The number of aryl methyl sites for hydroxylation is 1. The highest BCUT2D eigenvalue weighted by Gasteiger charge is 2.14. The van der Waals surface area contributed by atoms with Gasteiger partial charge >= 0.3 is 5.97 Å². The zero-order chi connectivity index (χ0) is 11.5. The van der Waals surface area contributed by atoms with E-state index < -0.39 is 5.97 Å². The van der Waals surface area contributed by atoms with E-state index in [-0.39, 0.29) is 5.92 Å². The van der Waals surface area contributed by atoms with Gasteiger partial charge in [-0.2, -0.15) is 0 Å². The predicted octanol–water partition coefficient (Wildman–Crippen LogP) is 2.27. The average molecular weight is 220 g/mol. The van der Waals surface area contributed by atoms with Crippen LogP contribution in [0.1, 0.15) is 24.5 Å². The summed E-state index contributed by atoms with van der Waals surface area (Å²) >= 11 is 0. The predicted molar refractivity (Wildman–Crippen MR) is 60.8 cm³/mol. The molecule has 16 heavy (non-hydrogen) atoms. The molecule has 0 aromatic heterocycles. The fourth-order valence-corrected chi connectivity index (χ4v) is 1.90. The van der Waals surface area contributed by atoms with Gasteiger partial charge in [0, 0.05) is 6.42 Å². The molecule has 1 N–H and O–H groups in total. The molecule has 1 heterocycles. The highest BCUT2D eigenvalue weighted by Crippen LogP contribution is 2.26. The lowest BCUT2D eigenvalue weighted by atomic mass is 9.99. The number of hydrogen-bond acceptors (Lipinski definition) is 2. The average Bonchev–Trinajstić information content (AvgIpc) is 2.72. The molecule has 1 unspecified atom stereocenters. The Balaban J connectivity index is 1.98. The first-order chi connectivity index (χ1) is 7.66. The molecule has 1 aliphatic rings. The highest BCUT2D eigenvalue weighted by atomic mass is 16.5. The molecule has 1 atom stereocenters. The van der Waals surface area contributed by atoms with E-state index in [2.05, 4.69) is 6.07 Å². The molecule has 0 spiro atoms. The normalized spacial score (nSPS) is 15.3. The summed E-state index contributed by atoms with van der Waals surface area (Å²) in [6, 6.07) is 6.15. The van der Waals surface area contributed by atoms with Gasteiger partial charge in [-0.1, -0.05) is 19.1 Å². The molecule has 1 aliphatic heterocycles. The Kier molecular flexibility index (Phi) is 3.13. The molecule has 0 saturated carbocycles. The summed E-state index contributed by atoms with van der Waals surface area (Å²) in [5.41, 5.74) is 2.46. The van der Waals surface area contributed by atoms with Crippen molar-refractivity contribution in [1.29, 1.82) is 0 Å². The number of benzene rings is 1. The molecule has 3 nitrogen and oxygen atoms in total. The molecule has 0 saturated heterocycles. The summed E-state index contributed by atoms with van der Waals surface area (Å²) in [5.74, 6) is -0.0102. The maximum absolute atomic E-state index is 10.7. The third-order valence-electron chi connectivity index (χ3n) is 3.04. The summed E-state index contributed by atoms with van der Waals surface area (Å²) in [5, 5.41) is 8.79. The first kappa shape index (κ1) is 11.0. The van der Waals surface area contributed by atoms with Crippen LogP contribution in [-0.4, -0.2) is 17.7 Å². The van der Waals surface area contributed by atoms with Gasteiger partial charge in [-0.3, -0.25) is 4.79 Å². The van der Waals surface area contributed by atoms with Crippen LogP contribution in [0.2, 0.25) is 0 Å². The molecule has 0 fully saturated rings. The van der Waals surface area contributed by atoms with Gasteiger partial charge in [0.1, 0.15) is 5.75 Å². The van der Waals surface area contributed by atoms with E-state index in [9.17, 15) is 4.79 Å². The van der Waals surface area contributed by atoms with Gasteiger partial charge in [-0.05, 0) is 30.0 Å². The van der Waals surface area contributed by atoms with Crippen molar-refractivity contribution in [3.05, 3.63) is 29.3 Å². The summed E-state index contributed by atoms with van der Waals surface area (Å²) in [7, 11) is 0. The zero-order valence-corrected chi connectivity index (χ0v) is 9.40. The van der Waals surface area contributed by atoms with Crippen LogP contribution in [0.15, 0.2) is 18.2 Å². The fraction of sp³-hybridized carbons (Fsp3) is 0.462. The van der Waals surface area contributed by atoms with Crippen LogP contribution >= 0.6 is 0 Å². The lowest BCUT2D eigenvalue weighted by Gasteiger charge is -2.07. The minimum Gasteiger partial charge on any atom is -0.493 e. The molecule has 1 aromatic rings. The first-order valence-corrected chi connectivity index (χ1v) is 5.64. The number of carboxylic acids is 1. The van der Waals surface area contributed by atoms with Gasteiger partial charge in [-0.15, -0.1) is 0 Å². The summed E-state index contributed by atoms with van der Waals surface area (Å²) < 4.78 is 5.42. The Morgan fingerprint density at radius 1 is 1.56 bits per heavy atom. The Bertz CT molecular complexity index is 398. The first-order valence-electron chi connectivity index (χ1n) is 5.64. The number of aliphatic carboxylic acids is 1. The smallest absolute Gasteiger partial charge is 0.306 e. The molecular weight excluding hydrogens is 204 g/mol. The number of hydrogen-bond donors (Lipinski definition) is 1. The minimum atomic E-state index is -0.718. The summed E-state index contributed by atoms with van der Waals surface area (Å²) in [4.78, 5) is 10.7. The van der Waals surface area contributed by atoms with Crippen LogP contribution in [0.4, 0.5) is 0 Å². The van der Waals surface area contributed by atoms with Crippen molar-refractivity contribution in [2.45, 2.75) is 26.2 Å². The van der Waals surface area contributed by atoms with Crippen LogP contribution in [0.25, 0.3) is 0 Å². The van der Waals surface area contributed by atoms with Crippen molar-refractivity contribution < 1.29 is 14.6 Å². The second-order valence-electron chi connectivity index (χ2n) is 4.32. The number of carbonyl (C=O) groups is 1. The van der Waals surface area contributed by atoms with Crippen LogP contribution in [-0.2, 0) is 17.6 Å². The van der Waals surface area contributed by atoms with Crippen molar-refractivity contribution in [1.82, 2.24) is 0 Å². The fourth-order valence-electron chi connectivity index (χ4n) is 1.90. The minimum absolute atomic E-state index is 0.274. The zero-order valence-electron chi connectivity index (χ0n) is 9.40. The molecule has 0 amide bonds. The van der Waals surface area contributed by atoms with Gasteiger partial charge in [0.2, 0.25) is 0 Å². The molecule has 86 valence electrons. The molecular formula is C13H16O3. The number of ether oxygens (including phenoxy) is 1. The molecule has 0 radical (unpaired) electrons. The third kappa shape index (κ3) is 2.35. The number of carboxylic acid groups (broad SMARTS) is 1. The Morgan fingerprint density at radius 3 is 3.12 bits per heavy atom. The molecule has 0 bridgehead atoms. The van der Waals surface area contributed by atoms with Crippen LogP contribution < -0.4 is 4.74 Å². The van der Waals surface area contributed by atoms with Crippen LogP contribution in [0.3, 0.4) is 0 Å². The SMILES string of the molecule is CC(CCc1ccc2c(c1)CCO2)C(=O)O. The van der Waals surface area contributed by atoms with E-state index >= 15 is 0 Å². The van der Waals surface area contributed by atoms with E-state index in [0.717, 1.165) is 25.2 Å². The van der Waals surface area contributed by atoms with E-state index in [1.807, 2.05) is 12.1 Å². The summed E-state index contributed by atoms with van der Waals surface area (Å²) in [6.07, 6.45) is 2.48. The topological polar surface area (TPSA) is 46.5 Å². The van der Waals surface area contributed by atoms with E-state index in [0.29, 0.717) is 6.42 Å². The van der Waals surface area contributed by atoms with Crippen molar-refractivity contribution in [3.8, 4) is 5.75 Å². The lowest BCUT2D eigenvalue weighted by Crippen LogP contribution is -2.10. The van der Waals surface area contributed by atoms with Crippen molar-refractivity contribution in [2.24, 2.45) is 5.92 Å². The van der Waals surface area contributed by atoms with Crippen LogP contribution in [0.5, 0.6) is 5.75 Å². The maximum atomic E-state index is 10.7. The number of rotatable bonds is 4. The van der Waals surface area contributed by atoms with Crippen molar-refractivity contribution in [2.75, 3.05) is 6.61 Å². The van der Waals surface area contributed by atoms with E-state index in [1.165, 1.54) is 11.1 Å². The van der Waals surface area contributed by atoms with Crippen molar-refractivity contribution in [3.63, 3.8) is 0 Å². The standard InChI is InChI=1S/C13H16O3/c1-9(13(14)15)2-3-10-4-5-12-11(8-10)6-7-16-12/h4-5,8-9H,2-3,6-7H2,1H3,(H,14,15). The van der Waals surface area contributed by atoms with E-state index in [4.69, 9.17) is 9.84 Å². The molecule has 3 heteroatoms. The monoisotopic (exact) mass is 220 g/mol. The number of fused-ring (bicyclic) bond motifs is 1. The second-order valence-corrected chi connectivity index (χ2v) is 4.32. The molecule has 1 aromatic carbocycles. The van der Waals surface area contributed by atoms with Crippen LogP contribution in [0, 0.1) is 5.92 Å². The molecule has 0 aliphatic carbocycles. The van der Waals surface area contributed by atoms with Crippen molar-refractivity contribution >= 4 is 5.97 Å². The van der Waals surface area contributed by atoms with Gasteiger partial charge < -0.3 is 9.84 Å². The van der Waals surface area contributed by atoms with Gasteiger partial charge in [-0.25, -0.2) is 0 Å². The van der Waals surface area contributed by atoms with E-state index in [1.54, 1.807) is 6.92 Å². The largest absolute Gasteiger partial charge is 0.493 e. The van der Waals surface area contributed by atoms with Gasteiger partial charge in [0.05, 0.1) is 12.5 Å². The second kappa shape index (κ2) is 4.56. The Morgan fingerprint density at radius 2 is 2.38 bits per heavy atom. The molecule has 2 rings (SSSR count). The van der Waals surface area contributed by atoms with Gasteiger partial charge in [0.15, 0.2) is 0 Å². The third-order valence-corrected chi connectivity index (χ3v) is 3.04. The maximum Gasteiger partial charge on any atom is 0.306 e. The lowest BCUT2D eigenvalue weighted by molar-refractivity contribution is -0.141. The Hall–Kier alpha value is -1.51. The highest BCUT2D eigenvalue weighted by molar-refractivity contribution is 5.69. The Labute approximate surface area is 95.0 Å².